The van der Waals surface area contributed by atoms with Crippen LogP contribution in [0.1, 0.15) is 15.9 Å². The maximum absolute atomic E-state index is 12.1. The van der Waals surface area contributed by atoms with Gasteiger partial charge in [0.1, 0.15) is 5.75 Å². The Labute approximate surface area is 142 Å². The minimum absolute atomic E-state index is 0.249. The average Bonchev–Trinajstić information content (AvgIpc) is 2.61. The Morgan fingerprint density at radius 3 is 2.71 bits per heavy atom. The van der Waals surface area contributed by atoms with Crippen molar-refractivity contribution in [2.75, 3.05) is 26.1 Å². The summed E-state index contributed by atoms with van der Waals surface area (Å²) in [6.45, 7) is 0. The third kappa shape index (κ3) is 4.71. The molecule has 24 heavy (non-hydrogen) atoms. The molecule has 1 amide bonds. The molecule has 0 aliphatic rings. The molecule has 2 aromatic carbocycles. The maximum atomic E-state index is 12.1. The lowest BCUT2D eigenvalue weighted by atomic mass is 10.2. The van der Waals surface area contributed by atoms with E-state index in [4.69, 9.17) is 4.74 Å². The second-order valence-corrected chi connectivity index (χ2v) is 5.26. The predicted octanol–water partition coefficient (Wildman–Crippen LogP) is 3.19. The summed E-state index contributed by atoms with van der Waals surface area (Å²) in [5.41, 5.74) is 4.97. The van der Waals surface area contributed by atoms with Crippen LogP contribution in [0.2, 0.25) is 0 Å². The van der Waals surface area contributed by atoms with E-state index in [0.29, 0.717) is 5.56 Å². The second kappa shape index (κ2) is 8.53. The molecule has 2 rings (SSSR count). The van der Waals surface area contributed by atoms with Crippen molar-refractivity contribution in [3.63, 3.8) is 0 Å². The highest BCUT2D eigenvalue weighted by molar-refractivity contribution is 5.95. The van der Waals surface area contributed by atoms with Crippen molar-refractivity contribution in [1.82, 2.24) is 5.43 Å². The van der Waals surface area contributed by atoms with Gasteiger partial charge in [-0.3, -0.25) is 4.79 Å². The van der Waals surface area contributed by atoms with E-state index >= 15 is 0 Å². The zero-order valence-corrected chi connectivity index (χ0v) is 14.1. The van der Waals surface area contributed by atoms with Crippen LogP contribution in [0.25, 0.3) is 6.08 Å². The van der Waals surface area contributed by atoms with Gasteiger partial charge in [0.15, 0.2) is 0 Å². The standard InChI is InChI=1S/C19H21N3O2/c1-22(2)17-11-6-9-16(14-17)19(23)21-20-13-7-10-15-8-4-5-12-18(15)24-3/h4-14H,1-3H3,(H,21,23)/b10-7+,20-13+. The lowest BCUT2D eigenvalue weighted by Crippen LogP contribution is -2.18. The number of ether oxygens (including phenoxy) is 1. The number of carbonyl (C=O) groups is 1. The number of hydrazone groups is 1. The van der Waals surface area contributed by atoms with Crippen molar-refractivity contribution < 1.29 is 9.53 Å². The van der Waals surface area contributed by atoms with Crippen LogP contribution in [0.3, 0.4) is 0 Å². The monoisotopic (exact) mass is 323 g/mol. The Balaban J connectivity index is 1.95. The van der Waals surface area contributed by atoms with Crippen molar-refractivity contribution in [1.29, 1.82) is 0 Å². The highest BCUT2D eigenvalue weighted by Gasteiger charge is 2.05. The van der Waals surface area contributed by atoms with Crippen molar-refractivity contribution in [2.24, 2.45) is 5.10 Å². The molecule has 0 saturated heterocycles. The highest BCUT2D eigenvalue weighted by atomic mass is 16.5. The molecule has 0 aromatic heterocycles. The number of carbonyl (C=O) groups excluding carboxylic acids is 1. The molecule has 0 bridgehead atoms. The third-order valence-corrected chi connectivity index (χ3v) is 3.37. The van der Waals surface area contributed by atoms with Gasteiger partial charge in [-0.2, -0.15) is 5.10 Å². The first-order valence-corrected chi connectivity index (χ1v) is 7.52. The van der Waals surface area contributed by atoms with Crippen LogP contribution in [0, 0.1) is 0 Å². The predicted molar refractivity (Wildman–Crippen MR) is 98.8 cm³/mol. The van der Waals surface area contributed by atoms with E-state index in [-0.39, 0.29) is 5.91 Å². The lowest BCUT2D eigenvalue weighted by molar-refractivity contribution is 0.0955. The molecule has 1 N–H and O–H groups in total. The van der Waals surface area contributed by atoms with Gasteiger partial charge in [0, 0.05) is 37.1 Å². The van der Waals surface area contributed by atoms with Gasteiger partial charge < -0.3 is 9.64 Å². The van der Waals surface area contributed by atoms with E-state index in [0.717, 1.165) is 17.0 Å². The molecule has 124 valence electrons. The number of nitrogens with one attached hydrogen (secondary N) is 1. The number of benzene rings is 2. The first kappa shape index (κ1) is 17.3. The summed E-state index contributed by atoms with van der Waals surface area (Å²) in [6.07, 6.45) is 5.13. The summed E-state index contributed by atoms with van der Waals surface area (Å²) in [4.78, 5) is 14.0. The smallest absolute Gasteiger partial charge is 0.271 e. The molecule has 0 atom stereocenters. The number of para-hydroxylation sites is 1. The molecule has 0 saturated carbocycles. The first-order chi connectivity index (χ1) is 11.6. The van der Waals surface area contributed by atoms with E-state index in [2.05, 4.69) is 10.5 Å². The summed E-state index contributed by atoms with van der Waals surface area (Å²) in [5, 5.41) is 3.93. The number of hydrogen-bond acceptors (Lipinski definition) is 4. The second-order valence-electron chi connectivity index (χ2n) is 5.26. The van der Waals surface area contributed by atoms with Crippen molar-refractivity contribution >= 4 is 23.9 Å². The molecule has 5 heteroatoms. The van der Waals surface area contributed by atoms with Crippen LogP contribution in [-0.2, 0) is 0 Å². The zero-order chi connectivity index (χ0) is 17.4. The van der Waals surface area contributed by atoms with Gasteiger partial charge in [-0.15, -0.1) is 0 Å². The van der Waals surface area contributed by atoms with Gasteiger partial charge >= 0.3 is 0 Å². The molecule has 5 nitrogen and oxygen atoms in total. The molecular formula is C19H21N3O2. The summed E-state index contributed by atoms with van der Waals surface area (Å²) < 4.78 is 5.26. The van der Waals surface area contributed by atoms with Crippen LogP contribution in [0.5, 0.6) is 5.75 Å². The topological polar surface area (TPSA) is 53.9 Å². The fourth-order valence-electron chi connectivity index (χ4n) is 2.08. The quantitative estimate of drug-likeness (QED) is 0.656. The molecular weight excluding hydrogens is 302 g/mol. The SMILES string of the molecule is COc1ccccc1/C=C/C=N/NC(=O)c1cccc(N(C)C)c1. The van der Waals surface area contributed by atoms with E-state index in [9.17, 15) is 4.79 Å². The van der Waals surface area contributed by atoms with Gasteiger partial charge in [-0.25, -0.2) is 5.43 Å². The Morgan fingerprint density at radius 1 is 1.17 bits per heavy atom. The van der Waals surface area contributed by atoms with E-state index in [1.54, 1.807) is 19.3 Å². The number of nitrogens with zero attached hydrogens (tertiary/aromatic N) is 2. The first-order valence-electron chi connectivity index (χ1n) is 7.52. The molecule has 0 spiro atoms. The molecule has 0 unspecified atom stereocenters. The number of amides is 1. The van der Waals surface area contributed by atoms with Crippen LogP contribution in [0.4, 0.5) is 5.69 Å². The maximum Gasteiger partial charge on any atom is 0.271 e. The fourth-order valence-corrected chi connectivity index (χ4v) is 2.08. The minimum Gasteiger partial charge on any atom is -0.496 e. The molecule has 0 radical (unpaired) electrons. The van der Waals surface area contributed by atoms with E-state index in [1.165, 1.54) is 6.21 Å². The fraction of sp³-hybridized carbons (Fsp3) is 0.158. The van der Waals surface area contributed by atoms with E-state index < -0.39 is 0 Å². The Morgan fingerprint density at radius 2 is 1.96 bits per heavy atom. The number of rotatable bonds is 6. The van der Waals surface area contributed by atoms with E-state index in [1.807, 2.05) is 67.5 Å². The van der Waals surface area contributed by atoms with Crippen LogP contribution in [0.15, 0.2) is 59.7 Å². The molecule has 0 aliphatic carbocycles. The number of hydrogen-bond donors (Lipinski definition) is 1. The van der Waals surface area contributed by atoms with Gasteiger partial charge in [-0.1, -0.05) is 24.3 Å². The minimum atomic E-state index is -0.249. The van der Waals surface area contributed by atoms with Gasteiger partial charge in [0.25, 0.3) is 5.91 Å². The average molecular weight is 323 g/mol. The summed E-state index contributed by atoms with van der Waals surface area (Å²) in [5.74, 6) is 0.535. The number of allylic oxidation sites excluding steroid dienone is 1. The van der Waals surface area contributed by atoms with Gasteiger partial charge in [0.05, 0.1) is 7.11 Å². The Hall–Kier alpha value is -3.08. The Bertz CT molecular complexity index is 752. The van der Waals surface area contributed by atoms with Crippen LogP contribution in [-0.4, -0.2) is 33.3 Å². The highest BCUT2D eigenvalue weighted by Crippen LogP contribution is 2.18. The molecule has 0 aliphatic heterocycles. The normalized spacial score (nSPS) is 11.0. The zero-order valence-electron chi connectivity index (χ0n) is 14.1. The largest absolute Gasteiger partial charge is 0.496 e. The Kier molecular flexibility index (Phi) is 6.14. The van der Waals surface area contributed by atoms with Gasteiger partial charge in [-0.05, 0) is 36.4 Å². The summed E-state index contributed by atoms with van der Waals surface area (Å²) in [6, 6.07) is 15.0. The summed E-state index contributed by atoms with van der Waals surface area (Å²) in [7, 11) is 5.48. The van der Waals surface area contributed by atoms with Crippen molar-refractivity contribution in [3.8, 4) is 5.75 Å². The number of anilines is 1. The lowest BCUT2D eigenvalue weighted by Gasteiger charge is -2.12. The third-order valence-electron chi connectivity index (χ3n) is 3.37. The van der Waals surface area contributed by atoms with Crippen molar-refractivity contribution in [2.45, 2.75) is 0 Å². The summed E-state index contributed by atoms with van der Waals surface area (Å²) >= 11 is 0. The van der Waals surface area contributed by atoms with Crippen LogP contribution < -0.4 is 15.1 Å². The molecule has 2 aromatic rings. The molecule has 0 fully saturated rings. The van der Waals surface area contributed by atoms with Gasteiger partial charge in [0.2, 0.25) is 0 Å². The molecule has 0 heterocycles. The number of methoxy groups -OCH3 is 1. The van der Waals surface area contributed by atoms with Crippen LogP contribution >= 0.6 is 0 Å². The van der Waals surface area contributed by atoms with Crippen molar-refractivity contribution in [3.05, 3.63) is 65.7 Å².